The molecule has 34 heavy (non-hydrogen) atoms. The monoisotopic (exact) mass is 466 g/mol. The van der Waals surface area contributed by atoms with E-state index < -0.39 is 0 Å². The molecule has 4 amide bonds. The molecule has 0 radical (unpaired) electrons. The van der Waals surface area contributed by atoms with Crippen molar-refractivity contribution in [2.75, 3.05) is 39.3 Å². The van der Waals surface area contributed by atoms with Gasteiger partial charge in [0.05, 0.1) is 0 Å². The fourth-order valence-electron chi connectivity index (χ4n) is 6.59. The first-order valence-electron chi connectivity index (χ1n) is 13.2. The zero-order chi connectivity index (χ0) is 23.5. The molecule has 4 aliphatic heterocycles. The fraction of sp³-hybridized carbons (Fsp3) is 0.667. The van der Waals surface area contributed by atoms with E-state index in [2.05, 4.69) is 22.3 Å². The summed E-state index contributed by atoms with van der Waals surface area (Å²) in [6, 6.07) is 10.8. The van der Waals surface area contributed by atoms with E-state index in [0.717, 1.165) is 64.6 Å². The second kappa shape index (κ2) is 10.4. The number of carbonyl (C=O) groups is 3. The number of amides is 4. The standard InChI is InChI=1S/C27H38N4O3/c32-25-10-4-9-24-23-16-21(18-31(24)25)17-30(19-23)27(34)29-14-11-22(12-15-29)26(33)28-13-5-8-20-6-2-1-3-7-20/h1-3,6-7,21-24H,4-5,8-19H2,(H,28,33)/t21?,23?,24-/m1/s1. The smallest absolute Gasteiger partial charge is 0.320 e. The van der Waals surface area contributed by atoms with Crippen molar-refractivity contribution in [2.45, 2.75) is 57.4 Å². The Morgan fingerprint density at radius 1 is 0.971 bits per heavy atom. The molecule has 4 saturated heterocycles. The van der Waals surface area contributed by atoms with E-state index in [-0.39, 0.29) is 17.9 Å². The third-order valence-corrected chi connectivity index (χ3v) is 8.37. The molecule has 2 bridgehead atoms. The van der Waals surface area contributed by atoms with Crippen LogP contribution >= 0.6 is 0 Å². The topological polar surface area (TPSA) is 73.0 Å². The van der Waals surface area contributed by atoms with E-state index in [1.807, 2.05) is 28.0 Å². The Labute approximate surface area is 202 Å². The lowest BCUT2D eigenvalue weighted by atomic mass is 9.76. The molecule has 1 N–H and O–H groups in total. The molecule has 5 rings (SSSR count). The third kappa shape index (κ3) is 5.08. The molecule has 184 valence electrons. The highest BCUT2D eigenvalue weighted by atomic mass is 16.2. The minimum absolute atomic E-state index is 0.00308. The Morgan fingerprint density at radius 3 is 2.56 bits per heavy atom. The van der Waals surface area contributed by atoms with E-state index in [0.29, 0.717) is 49.8 Å². The van der Waals surface area contributed by atoms with Crippen LogP contribution in [0.4, 0.5) is 4.79 Å². The SMILES string of the molecule is O=C(NCCCc1ccccc1)C1CCN(C(=O)N2CC3CC(C2)[C@H]2CCCC(=O)N2C3)CC1. The maximum atomic E-state index is 13.3. The fourth-order valence-corrected chi connectivity index (χ4v) is 6.59. The van der Waals surface area contributed by atoms with Gasteiger partial charge in [0, 0.05) is 57.6 Å². The zero-order valence-corrected chi connectivity index (χ0v) is 20.2. The lowest BCUT2D eigenvalue weighted by Gasteiger charge is -2.53. The summed E-state index contributed by atoms with van der Waals surface area (Å²) in [5.41, 5.74) is 1.30. The number of rotatable bonds is 5. The van der Waals surface area contributed by atoms with Crippen LogP contribution in [0, 0.1) is 17.8 Å². The second-order valence-corrected chi connectivity index (χ2v) is 10.7. The molecule has 2 unspecified atom stereocenters. The minimum Gasteiger partial charge on any atom is -0.356 e. The van der Waals surface area contributed by atoms with Crippen LogP contribution in [0.1, 0.15) is 50.5 Å². The van der Waals surface area contributed by atoms with Crippen LogP contribution in [0.5, 0.6) is 0 Å². The number of hydrogen-bond donors (Lipinski definition) is 1. The van der Waals surface area contributed by atoms with E-state index in [1.165, 1.54) is 5.56 Å². The Balaban J connectivity index is 1.05. The number of piperidine rings is 4. The molecule has 0 spiro atoms. The zero-order valence-electron chi connectivity index (χ0n) is 20.2. The number of hydrogen-bond acceptors (Lipinski definition) is 3. The number of benzene rings is 1. The quantitative estimate of drug-likeness (QED) is 0.679. The van der Waals surface area contributed by atoms with Crippen LogP contribution in [0.15, 0.2) is 30.3 Å². The van der Waals surface area contributed by atoms with Crippen molar-refractivity contribution in [1.82, 2.24) is 20.0 Å². The molecule has 4 heterocycles. The number of urea groups is 1. The van der Waals surface area contributed by atoms with Crippen LogP contribution in [0.3, 0.4) is 0 Å². The van der Waals surface area contributed by atoms with E-state index >= 15 is 0 Å². The largest absolute Gasteiger partial charge is 0.356 e. The summed E-state index contributed by atoms with van der Waals surface area (Å²) in [7, 11) is 0. The van der Waals surface area contributed by atoms with Crippen molar-refractivity contribution in [1.29, 1.82) is 0 Å². The highest BCUT2D eigenvalue weighted by Crippen LogP contribution is 2.38. The summed E-state index contributed by atoms with van der Waals surface area (Å²) >= 11 is 0. The van der Waals surface area contributed by atoms with Gasteiger partial charge in [-0.25, -0.2) is 4.79 Å². The van der Waals surface area contributed by atoms with Crippen molar-refractivity contribution in [3.63, 3.8) is 0 Å². The first-order valence-corrected chi connectivity index (χ1v) is 13.2. The lowest BCUT2D eigenvalue weighted by Crippen LogP contribution is -2.62. The van der Waals surface area contributed by atoms with Gasteiger partial charge in [-0.3, -0.25) is 9.59 Å². The van der Waals surface area contributed by atoms with Crippen LogP contribution in [-0.2, 0) is 16.0 Å². The predicted molar refractivity (Wildman–Crippen MR) is 130 cm³/mol. The van der Waals surface area contributed by atoms with Gasteiger partial charge in [-0.1, -0.05) is 30.3 Å². The third-order valence-electron chi connectivity index (χ3n) is 8.37. The van der Waals surface area contributed by atoms with Gasteiger partial charge in [-0.15, -0.1) is 0 Å². The highest BCUT2D eigenvalue weighted by Gasteiger charge is 2.45. The Morgan fingerprint density at radius 2 is 1.76 bits per heavy atom. The van der Waals surface area contributed by atoms with Crippen LogP contribution in [0.25, 0.3) is 0 Å². The van der Waals surface area contributed by atoms with Crippen LogP contribution < -0.4 is 5.32 Å². The number of likely N-dealkylation sites (tertiary alicyclic amines) is 2. The van der Waals surface area contributed by atoms with Gasteiger partial charge >= 0.3 is 6.03 Å². The molecule has 1 aromatic carbocycles. The van der Waals surface area contributed by atoms with Gasteiger partial charge in [-0.05, 0) is 62.3 Å². The lowest BCUT2D eigenvalue weighted by molar-refractivity contribution is -0.144. The van der Waals surface area contributed by atoms with Gasteiger partial charge < -0.3 is 20.0 Å². The Kier molecular flexibility index (Phi) is 7.07. The van der Waals surface area contributed by atoms with Crippen LogP contribution in [-0.4, -0.2) is 77.9 Å². The summed E-state index contributed by atoms with van der Waals surface area (Å²) in [5, 5.41) is 3.10. The van der Waals surface area contributed by atoms with E-state index in [4.69, 9.17) is 0 Å². The molecule has 3 atom stereocenters. The Bertz CT molecular complexity index is 883. The normalized spacial score (nSPS) is 27.4. The molecule has 1 aromatic rings. The van der Waals surface area contributed by atoms with Crippen molar-refractivity contribution in [2.24, 2.45) is 17.8 Å². The van der Waals surface area contributed by atoms with Crippen molar-refractivity contribution >= 4 is 17.8 Å². The molecule has 4 fully saturated rings. The molecule has 7 heteroatoms. The maximum absolute atomic E-state index is 13.3. The average molecular weight is 467 g/mol. The first-order chi connectivity index (χ1) is 16.6. The first kappa shape index (κ1) is 23.2. The van der Waals surface area contributed by atoms with Gasteiger partial charge in [-0.2, -0.15) is 0 Å². The molecule has 7 nitrogen and oxygen atoms in total. The van der Waals surface area contributed by atoms with Gasteiger partial charge in [0.15, 0.2) is 0 Å². The summed E-state index contributed by atoms with van der Waals surface area (Å²) in [5.74, 6) is 1.27. The molecule has 0 saturated carbocycles. The number of carbonyl (C=O) groups excluding carboxylic acids is 3. The van der Waals surface area contributed by atoms with Crippen molar-refractivity contribution in [3.05, 3.63) is 35.9 Å². The van der Waals surface area contributed by atoms with Crippen molar-refractivity contribution in [3.8, 4) is 0 Å². The highest BCUT2D eigenvalue weighted by molar-refractivity contribution is 5.80. The molecular formula is C27H38N4O3. The summed E-state index contributed by atoms with van der Waals surface area (Å²) in [4.78, 5) is 44.4. The molecule has 4 aliphatic rings. The number of nitrogens with zero attached hydrogens (tertiary/aromatic N) is 3. The van der Waals surface area contributed by atoms with Gasteiger partial charge in [0.1, 0.15) is 0 Å². The summed E-state index contributed by atoms with van der Waals surface area (Å²) in [6.45, 7) is 4.35. The predicted octanol–water partition coefficient (Wildman–Crippen LogP) is 2.90. The number of aryl methyl sites for hydroxylation is 1. The van der Waals surface area contributed by atoms with Crippen LogP contribution in [0.2, 0.25) is 0 Å². The number of fused-ring (bicyclic) bond motifs is 4. The van der Waals surface area contributed by atoms with Gasteiger partial charge in [0.25, 0.3) is 0 Å². The molecule has 0 aromatic heterocycles. The average Bonchev–Trinajstić information content (AvgIpc) is 2.87. The number of nitrogens with one attached hydrogen (secondary N) is 1. The molecular weight excluding hydrogens is 428 g/mol. The minimum atomic E-state index is 0.00308. The van der Waals surface area contributed by atoms with E-state index in [1.54, 1.807) is 0 Å². The molecule has 0 aliphatic carbocycles. The summed E-state index contributed by atoms with van der Waals surface area (Å²) in [6.07, 6.45) is 7.28. The summed E-state index contributed by atoms with van der Waals surface area (Å²) < 4.78 is 0. The van der Waals surface area contributed by atoms with Crippen molar-refractivity contribution < 1.29 is 14.4 Å². The van der Waals surface area contributed by atoms with E-state index in [9.17, 15) is 14.4 Å². The maximum Gasteiger partial charge on any atom is 0.320 e. The second-order valence-electron chi connectivity index (χ2n) is 10.7. The Hall–Kier alpha value is -2.57. The van der Waals surface area contributed by atoms with Gasteiger partial charge in [0.2, 0.25) is 11.8 Å².